The average Bonchev–Trinajstić information content (AvgIpc) is 2.74. The van der Waals surface area contributed by atoms with E-state index >= 15 is 0 Å². The van der Waals surface area contributed by atoms with Gasteiger partial charge in [-0.15, -0.1) is 0 Å². The Balaban J connectivity index is 1.78. The van der Waals surface area contributed by atoms with Gasteiger partial charge in [0.05, 0.1) is 0 Å². The fourth-order valence-electron chi connectivity index (χ4n) is 3.26. The van der Waals surface area contributed by atoms with Gasteiger partial charge in [0.1, 0.15) is 11.9 Å². The Morgan fingerprint density at radius 1 is 0.862 bits per heavy atom. The maximum absolute atomic E-state index is 13.2. The molecule has 0 bridgehead atoms. The van der Waals surface area contributed by atoms with E-state index < -0.39 is 6.04 Å². The number of rotatable bonds is 8. The normalized spacial score (nSPS) is 13.1. The molecule has 29 heavy (non-hydrogen) atoms. The number of hydrogen-bond donors (Lipinski definition) is 2. The van der Waals surface area contributed by atoms with Gasteiger partial charge in [-0.25, -0.2) is 4.39 Å². The summed E-state index contributed by atoms with van der Waals surface area (Å²) in [6.45, 7) is 0.591. The van der Waals surface area contributed by atoms with Crippen LogP contribution in [0.1, 0.15) is 23.2 Å². The summed E-state index contributed by atoms with van der Waals surface area (Å²) < 4.78 is 13.2. The number of benzene rings is 3. The minimum Gasteiger partial charge on any atom is -0.324 e. The summed E-state index contributed by atoms with van der Waals surface area (Å²) in [5, 5.41) is 6.30. The highest BCUT2D eigenvalue weighted by molar-refractivity contribution is 5.95. The molecular formula is C24H26FN3O. The van der Waals surface area contributed by atoms with Gasteiger partial charge < -0.3 is 15.5 Å². The minimum absolute atomic E-state index is 0.112. The van der Waals surface area contributed by atoms with Gasteiger partial charge in [0.2, 0.25) is 5.91 Å². The molecule has 0 heterocycles. The van der Waals surface area contributed by atoms with Crippen LogP contribution in [-0.2, 0) is 4.79 Å². The molecule has 3 rings (SSSR count). The van der Waals surface area contributed by atoms with Gasteiger partial charge in [-0.05, 0) is 49.5 Å². The monoisotopic (exact) mass is 391 g/mol. The van der Waals surface area contributed by atoms with E-state index in [2.05, 4.69) is 27.7 Å². The number of nitrogens with one attached hydrogen (secondary N) is 2. The number of hydrogen-bond acceptors (Lipinski definition) is 3. The SMILES string of the molecule is CN(C)[C@H](CN[C@@H](C(=O)Nc1ccc(F)cc1)c1ccccc1)c1ccccc1. The Labute approximate surface area is 171 Å². The van der Waals surface area contributed by atoms with Crippen molar-refractivity contribution in [2.75, 3.05) is 26.0 Å². The first-order chi connectivity index (χ1) is 14.0. The minimum atomic E-state index is -0.535. The predicted octanol–water partition coefficient (Wildman–Crippen LogP) is 4.40. The molecule has 3 aromatic rings. The zero-order chi connectivity index (χ0) is 20.6. The summed E-state index contributed by atoms with van der Waals surface area (Å²) in [7, 11) is 4.05. The smallest absolute Gasteiger partial charge is 0.246 e. The van der Waals surface area contributed by atoms with Gasteiger partial charge in [-0.3, -0.25) is 4.79 Å². The standard InChI is InChI=1S/C24H26FN3O/c1-28(2)22(18-9-5-3-6-10-18)17-26-23(19-11-7-4-8-12-19)24(29)27-21-15-13-20(25)14-16-21/h3-16,22-23,26H,17H2,1-2H3,(H,27,29)/t22-,23-/m1/s1. The molecule has 150 valence electrons. The summed E-state index contributed by atoms with van der Waals surface area (Å²) in [4.78, 5) is 15.2. The summed E-state index contributed by atoms with van der Waals surface area (Å²) >= 11 is 0. The topological polar surface area (TPSA) is 44.4 Å². The highest BCUT2D eigenvalue weighted by Crippen LogP contribution is 2.21. The van der Waals surface area contributed by atoms with E-state index in [1.807, 2.05) is 62.6 Å². The van der Waals surface area contributed by atoms with E-state index in [9.17, 15) is 9.18 Å². The Hall–Kier alpha value is -3.02. The second-order valence-corrected chi connectivity index (χ2v) is 7.14. The highest BCUT2D eigenvalue weighted by atomic mass is 19.1. The quantitative estimate of drug-likeness (QED) is 0.598. The fourth-order valence-corrected chi connectivity index (χ4v) is 3.26. The molecule has 0 saturated heterocycles. The number of anilines is 1. The predicted molar refractivity (Wildman–Crippen MR) is 115 cm³/mol. The molecule has 3 aromatic carbocycles. The van der Waals surface area contributed by atoms with E-state index in [1.165, 1.54) is 17.7 Å². The zero-order valence-electron chi connectivity index (χ0n) is 16.7. The maximum Gasteiger partial charge on any atom is 0.246 e. The number of carbonyl (C=O) groups is 1. The van der Waals surface area contributed by atoms with Crippen LogP contribution < -0.4 is 10.6 Å². The Kier molecular flexibility index (Phi) is 7.11. The summed E-state index contributed by atoms with van der Waals surface area (Å²) in [6, 6.07) is 25.1. The second kappa shape index (κ2) is 9.96. The van der Waals surface area contributed by atoms with E-state index in [4.69, 9.17) is 0 Å². The molecule has 2 N–H and O–H groups in total. The molecule has 2 atom stereocenters. The first kappa shape index (κ1) is 20.7. The lowest BCUT2D eigenvalue weighted by atomic mass is 10.0. The summed E-state index contributed by atoms with van der Waals surface area (Å²) in [6.07, 6.45) is 0. The number of amides is 1. The van der Waals surface area contributed by atoms with Crippen molar-refractivity contribution in [2.24, 2.45) is 0 Å². The molecule has 0 spiro atoms. The van der Waals surface area contributed by atoms with Crippen LogP contribution in [0.3, 0.4) is 0 Å². The van der Waals surface area contributed by atoms with E-state index in [0.717, 1.165) is 5.56 Å². The first-order valence-electron chi connectivity index (χ1n) is 9.60. The third kappa shape index (κ3) is 5.73. The van der Waals surface area contributed by atoms with Crippen LogP contribution in [0.5, 0.6) is 0 Å². The van der Waals surface area contributed by atoms with Crippen molar-refractivity contribution < 1.29 is 9.18 Å². The van der Waals surface area contributed by atoms with Crippen LogP contribution in [0.25, 0.3) is 0 Å². The number of likely N-dealkylation sites (N-methyl/N-ethyl adjacent to an activating group) is 1. The number of carbonyl (C=O) groups excluding carboxylic acids is 1. The van der Waals surface area contributed by atoms with Crippen molar-refractivity contribution in [2.45, 2.75) is 12.1 Å². The van der Waals surface area contributed by atoms with Crippen LogP contribution in [0.15, 0.2) is 84.9 Å². The molecule has 0 radical (unpaired) electrons. The Bertz CT molecular complexity index is 898. The molecule has 0 aliphatic heterocycles. The Morgan fingerprint density at radius 2 is 1.41 bits per heavy atom. The fraction of sp³-hybridized carbons (Fsp3) is 0.208. The summed E-state index contributed by atoms with van der Waals surface area (Å²) in [5.41, 5.74) is 2.61. The molecule has 4 nitrogen and oxygen atoms in total. The molecule has 0 saturated carbocycles. The van der Waals surface area contributed by atoms with Crippen molar-refractivity contribution in [1.29, 1.82) is 0 Å². The number of nitrogens with zero attached hydrogens (tertiary/aromatic N) is 1. The molecule has 0 aliphatic rings. The molecular weight excluding hydrogens is 365 g/mol. The zero-order valence-corrected chi connectivity index (χ0v) is 16.7. The van der Waals surface area contributed by atoms with E-state index in [1.54, 1.807) is 12.1 Å². The molecule has 0 fully saturated rings. The number of halogens is 1. The van der Waals surface area contributed by atoms with Gasteiger partial charge in [-0.1, -0.05) is 60.7 Å². The van der Waals surface area contributed by atoms with Crippen LogP contribution in [0.4, 0.5) is 10.1 Å². The van der Waals surface area contributed by atoms with Gasteiger partial charge in [-0.2, -0.15) is 0 Å². The summed E-state index contributed by atoms with van der Waals surface area (Å²) in [5.74, 6) is -0.522. The van der Waals surface area contributed by atoms with Crippen LogP contribution in [0.2, 0.25) is 0 Å². The second-order valence-electron chi connectivity index (χ2n) is 7.14. The molecule has 0 aliphatic carbocycles. The maximum atomic E-state index is 13.2. The average molecular weight is 391 g/mol. The third-order valence-corrected chi connectivity index (χ3v) is 4.83. The van der Waals surface area contributed by atoms with E-state index in [-0.39, 0.29) is 17.8 Å². The van der Waals surface area contributed by atoms with Gasteiger partial charge in [0.25, 0.3) is 0 Å². The van der Waals surface area contributed by atoms with Crippen LogP contribution >= 0.6 is 0 Å². The van der Waals surface area contributed by atoms with E-state index in [0.29, 0.717) is 12.2 Å². The molecule has 5 heteroatoms. The lowest BCUT2D eigenvalue weighted by Gasteiger charge is -2.28. The highest BCUT2D eigenvalue weighted by Gasteiger charge is 2.23. The largest absolute Gasteiger partial charge is 0.324 e. The molecule has 0 aromatic heterocycles. The van der Waals surface area contributed by atoms with Gasteiger partial charge in [0.15, 0.2) is 0 Å². The van der Waals surface area contributed by atoms with Crippen LogP contribution in [-0.4, -0.2) is 31.4 Å². The lowest BCUT2D eigenvalue weighted by molar-refractivity contribution is -0.118. The van der Waals surface area contributed by atoms with Crippen LogP contribution in [0, 0.1) is 5.82 Å². The first-order valence-corrected chi connectivity index (χ1v) is 9.60. The van der Waals surface area contributed by atoms with Crippen molar-refractivity contribution >= 4 is 11.6 Å². The lowest BCUT2D eigenvalue weighted by Crippen LogP contribution is -2.38. The van der Waals surface area contributed by atoms with Crippen molar-refractivity contribution in [3.63, 3.8) is 0 Å². The van der Waals surface area contributed by atoms with Gasteiger partial charge in [0, 0.05) is 18.3 Å². The molecule has 1 amide bonds. The Morgan fingerprint density at radius 3 is 1.97 bits per heavy atom. The van der Waals surface area contributed by atoms with Crippen molar-refractivity contribution in [1.82, 2.24) is 10.2 Å². The third-order valence-electron chi connectivity index (χ3n) is 4.83. The van der Waals surface area contributed by atoms with Crippen molar-refractivity contribution in [3.05, 3.63) is 102 Å². The molecule has 0 unspecified atom stereocenters. The van der Waals surface area contributed by atoms with Gasteiger partial charge >= 0.3 is 0 Å². The van der Waals surface area contributed by atoms with Crippen molar-refractivity contribution in [3.8, 4) is 0 Å².